The van der Waals surface area contributed by atoms with Gasteiger partial charge in [-0.1, -0.05) is 15.9 Å². The van der Waals surface area contributed by atoms with Crippen molar-refractivity contribution in [3.8, 4) is 5.75 Å². The molecule has 1 amide bonds. The van der Waals surface area contributed by atoms with Crippen LogP contribution in [-0.2, 0) is 10.0 Å². The summed E-state index contributed by atoms with van der Waals surface area (Å²) in [6.07, 6.45) is 0. The predicted molar refractivity (Wildman–Crippen MR) is 114 cm³/mol. The first-order valence-corrected chi connectivity index (χ1v) is 10.9. The average molecular weight is 479 g/mol. The maximum atomic E-state index is 12.5. The Morgan fingerprint density at radius 1 is 1.14 bits per heavy atom. The molecule has 2 aromatic carbocycles. The highest BCUT2D eigenvalue weighted by atomic mass is 79.9. The van der Waals surface area contributed by atoms with Gasteiger partial charge in [0.2, 0.25) is 0 Å². The molecule has 0 spiro atoms. The van der Waals surface area contributed by atoms with Crippen LogP contribution < -0.4 is 14.8 Å². The number of sulfonamides is 1. The molecule has 29 heavy (non-hydrogen) atoms. The van der Waals surface area contributed by atoms with Crippen molar-refractivity contribution in [1.29, 1.82) is 0 Å². The van der Waals surface area contributed by atoms with Gasteiger partial charge in [0.15, 0.2) is 10.7 Å². The summed E-state index contributed by atoms with van der Waals surface area (Å²) < 4.78 is 33.8. The van der Waals surface area contributed by atoms with Crippen molar-refractivity contribution in [1.82, 2.24) is 10.2 Å². The maximum Gasteiger partial charge on any atom is 0.278 e. The van der Waals surface area contributed by atoms with Gasteiger partial charge in [0.25, 0.3) is 15.9 Å². The molecule has 0 fully saturated rings. The number of H-pyrrole nitrogens is 1. The number of anilines is 2. The molecule has 0 radical (unpaired) electrons. The highest BCUT2D eigenvalue weighted by Gasteiger charge is 2.20. The highest BCUT2D eigenvalue weighted by molar-refractivity contribution is 9.10. The minimum absolute atomic E-state index is 0.0439. The molecule has 0 saturated carbocycles. The van der Waals surface area contributed by atoms with Gasteiger partial charge in [-0.3, -0.25) is 14.6 Å². The monoisotopic (exact) mass is 478 g/mol. The number of aromatic nitrogens is 2. The zero-order valence-corrected chi connectivity index (χ0v) is 18.1. The Kier molecular flexibility index (Phi) is 6.23. The molecule has 152 valence electrons. The Balaban J connectivity index is 1.71. The van der Waals surface area contributed by atoms with E-state index in [1.807, 2.05) is 19.9 Å². The topological polar surface area (TPSA) is 113 Å². The van der Waals surface area contributed by atoms with Gasteiger partial charge in [0, 0.05) is 21.9 Å². The van der Waals surface area contributed by atoms with E-state index < -0.39 is 15.9 Å². The van der Waals surface area contributed by atoms with E-state index in [1.165, 1.54) is 6.07 Å². The molecule has 0 aliphatic rings. The second-order valence-electron chi connectivity index (χ2n) is 6.10. The van der Waals surface area contributed by atoms with Gasteiger partial charge < -0.3 is 10.1 Å². The Bertz CT molecular complexity index is 1130. The first-order valence-electron chi connectivity index (χ1n) is 8.67. The Labute approximate surface area is 176 Å². The number of nitrogens with zero attached hydrogens (tertiary/aromatic N) is 1. The van der Waals surface area contributed by atoms with Crippen LogP contribution in [0.15, 0.2) is 58.0 Å². The van der Waals surface area contributed by atoms with Crippen molar-refractivity contribution in [2.75, 3.05) is 16.6 Å². The Morgan fingerprint density at radius 3 is 2.48 bits per heavy atom. The smallest absolute Gasteiger partial charge is 0.278 e. The summed E-state index contributed by atoms with van der Waals surface area (Å²) in [6.45, 7) is 4.27. The normalized spacial score (nSPS) is 11.1. The standard InChI is InChI=1S/C19H19BrN4O4S/c1-3-28-15-7-4-13(5-8-15)24-29(26,27)18-11-17(22-23-18)19(25)21-14-6-9-16(20)12(2)10-14/h4-11,24H,3H2,1-2H3,(H,21,25)(H,22,23). The van der Waals surface area contributed by atoms with E-state index in [-0.39, 0.29) is 10.7 Å². The molecule has 3 N–H and O–H groups in total. The fourth-order valence-corrected chi connectivity index (χ4v) is 3.71. The quantitative estimate of drug-likeness (QED) is 0.475. The first kappa shape index (κ1) is 20.9. The molecule has 0 unspecified atom stereocenters. The van der Waals surface area contributed by atoms with Crippen LogP contribution in [0.2, 0.25) is 0 Å². The third-order valence-corrected chi connectivity index (χ3v) is 6.09. The molecule has 10 heteroatoms. The summed E-state index contributed by atoms with van der Waals surface area (Å²) in [4.78, 5) is 12.4. The Morgan fingerprint density at radius 2 is 1.83 bits per heavy atom. The number of ether oxygens (including phenoxy) is 1. The van der Waals surface area contributed by atoms with Gasteiger partial charge in [0.1, 0.15) is 5.75 Å². The minimum atomic E-state index is -3.93. The number of aromatic amines is 1. The molecule has 3 aromatic rings. The fraction of sp³-hybridized carbons (Fsp3) is 0.158. The van der Waals surface area contributed by atoms with Crippen molar-refractivity contribution in [3.05, 3.63) is 64.3 Å². The van der Waals surface area contributed by atoms with Crippen molar-refractivity contribution < 1.29 is 17.9 Å². The number of nitrogens with one attached hydrogen (secondary N) is 3. The van der Waals surface area contributed by atoms with Crippen molar-refractivity contribution in [3.63, 3.8) is 0 Å². The van der Waals surface area contributed by atoms with Crippen LogP contribution in [0.4, 0.5) is 11.4 Å². The summed E-state index contributed by atoms with van der Waals surface area (Å²) in [5.41, 5.74) is 1.85. The number of hydrogen-bond donors (Lipinski definition) is 3. The number of hydrogen-bond acceptors (Lipinski definition) is 5. The molecule has 0 saturated heterocycles. The molecule has 1 aromatic heterocycles. The first-order chi connectivity index (χ1) is 13.8. The molecule has 0 bridgehead atoms. The van der Waals surface area contributed by atoms with Gasteiger partial charge in [-0.2, -0.15) is 13.5 Å². The zero-order valence-electron chi connectivity index (χ0n) is 15.7. The van der Waals surface area contributed by atoms with E-state index in [4.69, 9.17) is 4.74 Å². The van der Waals surface area contributed by atoms with Crippen LogP contribution in [0.3, 0.4) is 0 Å². The molecule has 0 atom stereocenters. The lowest BCUT2D eigenvalue weighted by Gasteiger charge is -2.07. The number of rotatable bonds is 7. The second-order valence-corrected chi connectivity index (χ2v) is 8.60. The molecule has 3 rings (SSSR count). The van der Waals surface area contributed by atoms with E-state index in [0.717, 1.165) is 10.0 Å². The number of carbonyl (C=O) groups excluding carboxylic acids is 1. The van der Waals surface area contributed by atoms with Crippen molar-refractivity contribution >= 4 is 43.2 Å². The largest absolute Gasteiger partial charge is 0.494 e. The van der Waals surface area contributed by atoms with Crippen LogP contribution >= 0.6 is 15.9 Å². The molecule has 0 aliphatic heterocycles. The van der Waals surface area contributed by atoms with Crippen LogP contribution in [-0.4, -0.2) is 31.1 Å². The number of aryl methyl sites for hydroxylation is 1. The van der Waals surface area contributed by atoms with Gasteiger partial charge in [0.05, 0.1) is 6.61 Å². The summed E-state index contributed by atoms with van der Waals surface area (Å²) in [5, 5.41) is 8.67. The van der Waals surface area contributed by atoms with Crippen LogP contribution in [0.5, 0.6) is 5.75 Å². The van der Waals surface area contributed by atoms with Crippen LogP contribution in [0.25, 0.3) is 0 Å². The molecule has 8 nitrogen and oxygen atoms in total. The number of benzene rings is 2. The molecule has 0 aliphatic carbocycles. The lowest BCUT2D eigenvalue weighted by Crippen LogP contribution is -2.14. The third-order valence-electron chi connectivity index (χ3n) is 3.91. The highest BCUT2D eigenvalue weighted by Crippen LogP contribution is 2.21. The molecular formula is C19H19BrN4O4S. The number of carbonyl (C=O) groups is 1. The SMILES string of the molecule is CCOc1ccc(NS(=O)(=O)c2cc(C(=O)Nc3ccc(Br)c(C)c3)n[nH]2)cc1. The van der Waals surface area contributed by atoms with Crippen molar-refractivity contribution in [2.24, 2.45) is 0 Å². The van der Waals surface area contributed by atoms with Crippen LogP contribution in [0, 0.1) is 6.92 Å². The maximum absolute atomic E-state index is 12.5. The van der Waals surface area contributed by atoms with Gasteiger partial charge in [-0.25, -0.2) is 0 Å². The van der Waals surface area contributed by atoms with Gasteiger partial charge >= 0.3 is 0 Å². The van der Waals surface area contributed by atoms with Gasteiger partial charge in [-0.15, -0.1) is 0 Å². The summed E-state index contributed by atoms with van der Waals surface area (Å²) in [7, 11) is -3.93. The van der Waals surface area contributed by atoms with E-state index in [2.05, 4.69) is 36.2 Å². The lowest BCUT2D eigenvalue weighted by molar-refractivity contribution is 0.102. The third kappa shape index (κ3) is 5.15. The molecular weight excluding hydrogens is 460 g/mol. The van der Waals surface area contributed by atoms with E-state index in [9.17, 15) is 13.2 Å². The number of amides is 1. The van der Waals surface area contributed by atoms with Crippen LogP contribution in [0.1, 0.15) is 23.0 Å². The van der Waals surface area contributed by atoms with E-state index >= 15 is 0 Å². The average Bonchev–Trinajstić information content (AvgIpc) is 3.18. The minimum Gasteiger partial charge on any atom is -0.494 e. The summed E-state index contributed by atoms with van der Waals surface area (Å²) in [5.74, 6) is 0.115. The van der Waals surface area contributed by atoms with E-state index in [1.54, 1.807) is 36.4 Å². The zero-order chi connectivity index (χ0) is 21.0. The number of halogens is 1. The summed E-state index contributed by atoms with van der Waals surface area (Å²) in [6, 6.07) is 13.0. The second kappa shape index (κ2) is 8.66. The predicted octanol–water partition coefficient (Wildman–Crippen LogP) is 3.93. The van der Waals surface area contributed by atoms with Gasteiger partial charge in [-0.05, 0) is 61.9 Å². The lowest BCUT2D eigenvalue weighted by atomic mass is 10.2. The van der Waals surface area contributed by atoms with E-state index in [0.29, 0.717) is 23.7 Å². The summed E-state index contributed by atoms with van der Waals surface area (Å²) >= 11 is 3.39. The Hall–Kier alpha value is -2.85. The molecule has 1 heterocycles. The van der Waals surface area contributed by atoms with Crippen molar-refractivity contribution in [2.45, 2.75) is 18.9 Å². The fourth-order valence-electron chi connectivity index (χ4n) is 2.47.